The third kappa shape index (κ3) is 3.59. The summed E-state index contributed by atoms with van der Waals surface area (Å²) in [5.41, 5.74) is 1.31. The molecule has 1 atom stereocenters. The number of nitrogens with zero attached hydrogens (tertiary/aromatic N) is 1. The number of rotatable bonds is 5. The van der Waals surface area contributed by atoms with Gasteiger partial charge in [0.1, 0.15) is 5.75 Å². The third-order valence-electron chi connectivity index (χ3n) is 4.29. The molecule has 1 aromatic heterocycles. The van der Waals surface area contributed by atoms with E-state index in [1.807, 2.05) is 0 Å². The second-order valence-corrected chi connectivity index (χ2v) is 6.40. The van der Waals surface area contributed by atoms with Gasteiger partial charge in [-0.3, -0.25) is 0 Å². The van der Waals surface area contributed by atoms with E-state index in [-0.39, 0.29) is 6.10 Å². The molecular weight excluding hydrogens is 260 g/mol. The van der Waals surface area contributed by atoms with Gasteiger partial charge in [0.2, 0.25) is 0 Å². The first-order valence-corrected chi connectivity index (χ1v) is 8.18. The fourth-order valence-corrected chi connectivity index (χ4v) is 3.21. The summed E-state index contributed by atoms with van der Waals surface area (Å²) in [4.78, 5) is 0. The lowest BCUT2D eigenvalue weighted by atomic mass is 9.96. The van der Waals surface area contributed by atoms with E-state index >= 15 is 0 Å². The molecule has 3 heteroatoms. The third-order valence-corrected chi connectivity index (χ3v) is 4.29. The Hall–Kier alpha value is -1.48. The molecular formula is C18H26N2O. The number of fused-ring (bicyclic) bond motifs is 1. The smallest absolute Gasteiger partial charge is 0.120 e. The van der Waals surface area contributed by atoms with Crippen molar-refractivity contribution in [2.75, 3.05) is 13.1 Å². The zero-order valence-corrected chi connectivity index (χ0v) is 13.1. The standard InChI is InChI=1S/C18H26N2O/c1-14(2)21-17-5-6-18-16(12-17)8-11-20(18)10-7-15-4-3-9-19-13-15/h5-6,8,11-12,14-15,19H,3-4,7,9-10,13H2,1-2H3. The summed E-state index contributed by atoms with van der Waals surface area (Å²) in [5, 5.41) is 4.77. The Balaban J connectivity index is 1.68. The lowest BCUT2D eigenvalue weighted by molar-refractivity contribution is 0.243. The number of nitrogens with one attached hydrogen (secondary N) is 1. The molecule has 0 aliphatic carbocycles. The molecule has 2 aromatic rings. The topological polar surface area (TPSA) is 26.2 Å². The fraction of sp³-hybridized carbons (Fsp3) is 0.556. The number of aryl methyl sites for hydroxylation is 1. The van der Waals surface area contributed by atoms with Crippen LogP contribution in [0.5, 0.6) is 5.75 Å². The number of hydrogen-bond donors (Lipinski definition) is 1. The molecule has 2 heterocycles. The van der Waals surface area contributed by atoms with Crippen molar-refractivity contribution in [3.05, 3.63) is 30.5 Å². The van der Waals surface area contributed by atoms with Crippen LogP contribution < -0.4 is 10.1 Å². The van der Waals surface area contributed by atoms with Gasteiger partial charge in [-0.1, -0.05) is 0 Å². The van der Waals surface area contributed by atoms with Gasteiger partial charge < -0.3 is 14.6 Å². The molecule has 1 aromatic carbocycles. The zero-order valence-electron chi connectivity index (χ0n) is 13.1. The average molecular weight is 286 g/mol. The highest BCUT2D eigenvalue weighted by Crippen LogP contribution is 2.24. The van der Waals surface area contributed by atoms with Gasteiger partial charge in [0.15, 0.2) is 0 Å². The molecule has 21 heavy (non-hydrogen) atoms. The molecule has 0 amide bonds. The molecule has 0 bridgehead atoms. The van der Waals surface area contributed by atoms with Crippen LogP contribution in [0.15, 0.2) is 30.5 Å². The summed E-state index contributed by atoms with van der Waals surface area (Å²) in [6, 6.07) is 8.61. The normalized spacial score (nSPS) is 19.3. The zero-order chi connectivity index (χ0) is 14.7. The van der Waals surface area contributed by atoms with Gasteiger partial charge in [-0.2, -0.15) is 0 Å². The highest BCUT2D eigenvalue weighted by Gasteiger charge is 2.13. The molecule has 1 aliphatic heterocycles. The Labute approximate surface area is 127 Å². The van der Waals surface area contributed by atoms with E-state index in [1.165, 1.54) is 43.3 Å². The Kier molecular flexibility index (Phi) is 4.49. The Morgan fingerprint density at radius 1 is 1.33 bits per heavy atom. The van der Waals surface area contributed by atoms with Crippen molar-refractivity contribution in [1.82, 2.24) is 9.88 Å². The van der Waals surface area contributed by atoms with Crippen LogP contribution in [-0.2, 0) is 6.54 Å². The molecule has 114 valence electrons. The van der Waals surface area contributed by atoms with E-state index < -0.39 is 0 Å². The minimum atomic E-state index is 0.225. The lowest BCUT2D eigenvalue weighted by Gasteiger charge is -2.22. The van der Waals surface area contributed by atoms with Crippen LogP contribution in [0, 0.1) is 5.92 Å². The van der Waals surface area contributed by atoms with E-state index in [4.69, 9.17) is 4.74 Å². The highest BCUT2D eigenvalue weighted by atomic mass is 16.5. The molecule has 3 rings (SSSR count). The molecule has 1 aliphatic rings. The number of piperidine rings is 1. The second kappa shape index (κ2) is 6.52. The van der Waals surface area contributed by atoms with Crippen molar-refractivity contribution in [2.45, 2.75) is 45.8 Å². The fourth-order valence-electron chi connectivity index (χ4n) is 3.21. The monoisotopic (exact) mass is 286 g/mol. The summed E-state index contributed by atoms with van der Waals surface area (Å²) < 4.78 is 8.15. The van der Waals surface area contributed by atoms with E-state index in [0.717, 1.165) is 18.2 Å². The Morgan fingerprint density at radius 2 is 2.24 bits per heavy atom. The highest BCUT2D eigenvalue weighted by molar-refractivity contribution is 5.81. The summed E-state index contributed by atoms with van der Waals surface area (Å²) in [6.07, 6.45) is 6.40. The molecule has 0 saturated carbocycles. The first kappa shape index (κ1) is 14.5. The predicted molar refractivity (Wildman–Crippen MR) is 87.9 cm³/mol. The van der Waals surface area contributed by atoms with Gasteiger partial charge in [0.05, 0.1) is 6.10 Å². The van der Waals surface area contributed by atoms with Crippen LogP contribution in [-0.4, -0.2) is 23.8 Å². The molecule has 1 N–H and O–H groups in total. The van der Waals surface area contributed by atoms with E-state index in [9.17, 15) is 0 Å². The molecule has 1 unspecified atom stereocenters. The lowest BCUT2D eigenvalue weighted by Crippen LogP contribution is -2.30. The van der Waals surface area contributed by atoms with Crippen molar-refractivity contribution in [3.63, 3.8) is 0 Å². The van der Waals surface area contributed by atoms with Crippen LogP contribution in [0.3, 0.4) is 0 Å². The number of ether oxygens (including phenoxy) is 1. The van der Waals surface area contributed by atoms with Crippen LogP contribution in [0.2, 0.25) is 0 Å². The van der Waals surface area contributed by atoms with Crippen molar-refractivity contribution in [3.8, 4) is 5.75 Å². The molecule has 0 spiro atoms. The minimum absolute atomic E-state index is 0.225. The molecule has 3 nitrogen and oxygen atoms in total. The molecule has 1 fully saturated rings. The van der Waals surface area contributed by atoms with Crippen molar-refractivity contribution < 1.29 is 4.74 Å². The van der Waals surface area contributed by atoms with E-state index in [0.29, 0.717) is 0 Å². The largest absolute Gasteiger partial charge is 0.491 e. The molecule has 0 radical (unpaired) electrons. The Bertz CT molecular complexity index is 582. The van der Waals surface area contributed by atoms with Gasteiger partial charge >= 0.3 is 0 Å². The number of aromatic nitrogens is 1. The summed E-state index contributed by atoms with van der Waals surface area (Å²) in [7, 11) is 0. The van der Waals surface area contributed by atoms with Gasteiger partial charge in [-0.05, 0) is 76.4 Å². The van der Waals surface area contributed by atoms with Gasteiger partial charge in [0.25, 0.3) is 0 Å². The Morgan fingerprint density at radius 3 is 3.00 bits per heavy atom. The van der Waals surface area contributed by atoms with Crippen LogP contribution in [0.1, 0.15) is 33.1 Å². The predicted octanol–water partition coefficient (Wildman–Crippen LogP) is 3.82. The molecule has 1 saturated heterocycles. The number of hydrogen-bond acceptors (Lipinski definition) is 2. The van der Waals surface area contributed by atoms with Crippen molar-refractivity contribution in [2.24, 2.45) is 5.92 Å². The quantitative estimate of drug-likeness (QED) is 0.904. The van der Waals surface area contributed by atoms with Crippen LogP contribution >= 0.6 is 0 Å². The van der Waals surface area contributed by atoms with E-state index in [1.54, 1.807) is 0 Å². The maximum absolute atomic E-state index is 5.77. The van der Waals surface area contributed by atoms with Gasteiger partial charge in [-0.15, -0.1) is 0 Å². The van der Waals surface area contributed by atoms with Gasteiger partial charge in [-0.25, -0.2) is 0 Å². The SMILES string of the molecule is CC(C)Oc1ccc2c(ccn2CCC2CCCNC2)c1. The van der Waals surface area contributed by atoms with Crippen LogP contribution in [0.25, 0.3) is 10.9 Å². The van der Waals surface area contributed by atoms with E-state index in [2.05, 4.69) is 54.2 Å². The maximum atomic E-state index is 5.77. The maximum Gasteiger partial charge on any atom is 0.120 e. The summed E-state index contributed by atoms with van der Waals surface area (Å²) in [5.74, 6) is 1.80. The average Bonchev–Trinajstić information content (AvgIpc) is 2.88. The second-order valence-electron chi connectivity index (χ2n) is 6.40. The summed E-state index contributed by atoms with van der Waals surface area (Å²) >= 11 is 0. The number of benzene rings is 1. The minimum Gasteiger partial charge on any atom is -0.491 e. The van der Waals surface area contributed by atoms with Crippen LogP contribution in [0.4, 0.5) is 0 Å². The first-order valence-electron chi connectivity index (χ1n) is 8.18. The van der Waals surface area contributed by atoms with Gasteiger partial charge in [0, 0.05) is 23.6 Å². The first-order chi connectivity index (χ1) is 10.2. The summed E-state index contributed by atoms with van der Waals surface area (Å²) in [6.45, 7) is 7.62. The van der Waals surface area contributed by atoms with Crippen molar-refractivity contribution >= 4 is 10.9 Å². The van der Waals surface area contributed by atoms with Crippen molar-refractivity contribution in [1.29, 1.82) is 0 Å².